The molecule has 1 aromatic rings. The quantitative estimate of drug-likeness (QED) is 0.619. The maximum atomic E-state index is 12.6. The minimum atomic E-state index is -0.491. The third kappa shape index (κ3) is 4.39. The van der Waals surface area contributed by atoms with E-state index in [-0.39, 0.29) is 18.2 Å². The lowest BCUT2D eigenvalue weighted by Crippen LogP contribution is -2.40. The van der Waals surface area contributed by atoms with Crippen LogP contribution in [0, 0.1) is 0 Å². The molecule has 0 radical (unpaired) electrons. The minimum absolute atomic E-state index is 0.0393. The summed E-state index contributed by atoms with van der Waals surface area (Å²) >= 11 is 0. The zero-order valence-electron chi connectivity index (χ0n) is 12.9. The molecule has 114 valence electrons. The van der Waals surface area contributed by atoms with Crippen molar-refractivity contribution in [1.82, 2.24) is 5.32 Å². The van der Waals surface area contributed by atoms with E-state index >= 15 is 0 Å². The van der Waals surface area contributed by atoms with Crippen molar-refractivity contribution in [2.24, 2.45) is 0 Å². The summed E-state index contributed by atoms with van der Waals surface area (Å²) in [6.07, 6.45) is 2.21. The van der Waals surface area contributed by atoms with E-state index in [9.17, 15) is 9.59 Å². The summed E-state index contributed by atoms with van der Waals surface area (Å²) in [7, 11) is 1.35. The van der Waals surface area contributed by atoms with Crippen LogP contribution in [0.25, 0.3) is 0 Å². The number of carbonyl (C=O) groups is 2. The zero-order chi connectivity index (χ0) is 15.4. The number of Topliss-reactive ketones (excluding diaryl/α,β-unsaturated/α-hetero) is 1. The molecule has 1 aliphatic carbocycles. The summed E-state index contributed by atoms with van der Waals surface area (Å²) in [5, 5.41) is 3.24. The molecule has 1 fully saturated rings. The smallest absolute Gasteiger partial charge is 0.307 e. The van der Waals surface area contributed by atoms with Gasteiger partial charge in [0.05, 0.1) is 19.6 Å². The summed E-state index contributed by atoms with van der Waals surface area (Å²) in [4.78, 5) is 24.1. The molecule has 1 N–H and O–H groups in total. The second-order valence-electron chi connectivity index (χ2n) is 5.91. The summed E-state index contributed by atoms with van der Waals surface area (Å²) in [5.41, 5.74) is 1.84. The lowest BCUT2D eigenvalue weighted by molar-refractivity contribution is -0.140. The van der Waals surface area contributed by atoms with Crippen LogP contribution >= 0.6 is 0 Å². The highest BCUT2D eigenvalue weighted by Gasteiger charge is 2.30. The number of carbonyl (C=O) groups excluding carboxylic acids is 2. The maximum Gasteiger partial charge on any atom is 0.307 e. The predicted molar refractivity (Wildman–Crippen MR) is 81.4 cm³/mol. The van der Waals surface area contributed by atoms with Gasteiger partial charge in [0.1, 0.15) is 0 Å². The average molecular weight is 289 g/mol. The summed E-state index contributed by atoms with van der Waals surface area (Å²) < 4.78 is 4.69. The molecular weight excluding hydrogens is 266 g/mol. The standard InChI is InChI=1S/C17H23NO3/c1-11(2)12-4-6-13(7-5-12)17(20)15(10-16(19)21-3)18-14-8-9-14/h4-7,11,14-15,18H,8-10H2,1-3H3. The lowest BCUT2D eigenvalue weighted by Gasteiger charge is -2.16. The first-order valence-corrected chi connectivity index (χ1v) is 7.48. The van der Waals surface area contributed by atoms with Gasteiger partial charge in [-0.2, -0.15) is 0 Å². The average Bonchev–Trinajstić information content (AvgIpc) is 3.29. The number of ketones is 1. The number of nitrogens with one attached hydrogen (secondary N) is 1. The van der Waals surface area contributed by atoms with Crippen LogP contribution in [0.1, 0.15) is 54.9 Å². The third-order valence-corrected chi connectivity index (χ3v) is 3.79. The van der Waals surface area contributed by atoms with Gasteiger partial charge in [0, 0.05) is 11.6 Å². The Morgan fingerprint density at radius 3 is 2.33 bits per heavy atom. The van der Waals surface area contributed by atoms with E-state index in [1.165, 1.54) is 12.7 Å². The molecule has 0 aliphatic heterocycles. The molecule has 0 saturated heterocycles. The van der Waals surface area contributed by atoms with Gasteiger partial charge < -0.3 is 10.1 Å². The lowest BCUT2D eigenvalue weighted by atomic mass is 9.97. The molecule has 0 heterocycles. The Balaban J connectivity index is 2.10. The monoisotopic (exact) mass is 289 g/mol. The molecule has 1 aromatic carbocycles. The van der Waals surface area contributed by atoms with E-state index in [1.54, 1.807) is 0 Å². The highest BCUT2D eigenvalue weighted by Crippen LogP contribution is 2.22. The van der Waals surface area contributed by atoms with Crippen molar-refractivity contribution in [2.75, 3.05) is 7.11 Å². The van der Waals surface area contributed by atoms with Gasteiger partial charge in [-0.05, 0) is 24.3 Å². The first-order valence-electron chi connectivity index (χ1n) is 7.48. The van der Waals surface area contributed by atoms with Crippen LogP contribution in [-0.4, -0.2) is 30.9 Å². The number of rotatable bonds is 7. The van der Waals surface area contributed by atoms with Crippen LogP contribution in [0.4, 0.5) is 0 Å². The topological polar surface area (TPSA) is 55.4 Å². The second-order valence-corrected chi connectivity index (χ2v) is 5.91. The van der Waals surface area contributed by atoms with Crippen LogP contribution in [0.5, 0.6) is 0 Å². The minimum Gasteiger partial charge on any atom is -0.469 e. The predicted octanol–water partition coefficient (Wildman–Crippen LogP) is 2.68. The molecule has 4 heteroatoms. The van der Waals surface area contributed by atoms with Crippen molar-refractivity contribution in [3.05, 3.63) is 35.4 Å². The fraction of sp³-hybridized carbons (Fsp3) is 0.529. The van der Waals surface area contributed by atoms with Gasteiger partial charge in [-0.25, -0.2) is 0 Å². The van der Waals surface area contributed by atoms with Gasteiger partial charge in [0.15, 0.2) is 5.78 Å². The SMILES string of the molecule is COC(=O)CC(NC1CC1)C(=O)c1ccc(C(C)C)cc1. The molecule has 21 heavy (non-hydrogen) atoms. The van der Waals surface area contributed by atoms with Crippen LogP contribution in [0.2, 0.25) is 0 Å². The summed E-state index contributed by atoms with van der Waals surface area (Å²) in [6.45, 7) is 4.23. The number of hydrogen-bond acceptors (Lipinski definition) is 4. The van der Waals surface area contributed by atoms with Crippen molar-refractivity contribution in [3.8, 4) is 0 Å². The number of hydrogen-bond donors (Lipinski definition) is 1. The fourth-order valence-corrected chi connectivity index (χ4v) is 2.25. The van der Waals surface area contributed by atoms with Crippen molar-refractivity contribution < 1.29 is 14.3 Å². The fourth-order valence-electron chi connectivity index (χ4n) is 2.25. The van der Waals surface area contributed by atoms with Crippen molar-refractivity contribution in [1.29, 1.82) is 0 Å². The highest BCUT2D eigenvalue weighted by atomic mass is 16.5. The van der Waals surface area contributed by atoms with Gasteiger partial charge >= 0.3 is 5.97 Å². The molecule has 0 aromatic heterocycles. The van der Waals surface area contributed by atoms with Crippen LogP contribution < -0.4 is 5.32 Å². The van der Waals surface area contributed by atoms with E-state index in [4.69, 9.17) is 0 Å². The Bertz CT molecular complexity index is 503. The number of methoxy groups -OCH3 is 1. The Labute approximate surface area is 125 Å². The highest BCUT2D eigenvalue weighted by molar-refractivity contribution is 6.01. The van der Waals surface area contributed by atoms with E-state index in [2.05, 4.69) is 23.9 Å². The first-order chi connectivity index (χ1) is 10.0. The summed E-state index contributed by atoms with van der Waals surface area (Å²) in [5.74, 6) is 0.0347. The maximum absolute atomic E-state index is 12.6. The molecule has 1 unspecified atom stereocenters. The zero-order valence-corrected chi connectivity index (χ0v) is 12.9. The van der Waals surface area contributed by atoms with Crippen LogP contribution in [0.3, 0.4) is 0 Å². The Morgan fingerprint density at radius 2 is 1.86 bits per heavy atom. The largest absolute Gasteiger partial charge is 0.469 e. The molecule has 1 atom stereocenters. The van der Waals surface area contributed by atoms with Crippen LogP contribution in [0.15, 0.2) is 24.3 Å². The van der Waals surface area contributed by atoms with Crippen molar-refractivity contribution >= 4 is 11.8 Å². The summed E-state index contributed by atoms with van der Waals surface area (Å²) in [6, 6.07) is 7.51. The third-order valence-electron chi connectivity index (χ3n) is 3.79. The second kappa shape index (κ2) is 6.85. The van der Waals surface area contributed by atoms with E-state index in [0.29, 0.717) is 17.5 Å². The molecule has 1 aliphatic rings. The van der Waals surface area contributed by atoms with Crippen molar-refractivity contribution in [2.45, 2.75) is 51.1 Å². The van der Waals surface area contributed by atoms with Gasteiger partial charge in [0.25, 0.3) is 0 Å². The molecule has 4 nitrogen and oxygen atoms in total. The number of ether oxygens (including phenoxy) is 1. The molecule has 2 rings (SSSR count). The Hall–Kier alpha value is -1.68. The van der Waals surface area contributed by atoms with Gasteiger partial charge in [-0.15, -0.1) is 0 Å². The van der Waals surface area contributed by atoms with E-state index in [1.807, 2.05) is 24.3 Å². The Morgan fingerprint density at radius 1 is 1.24 bits per heavy atom. The van der Waals surface area contributed by atoms with Gasteiger partial charge in [0.2, 0.25) is 0 Å². The van der Waals surface area contributed by atoms with Crippen LogP contribution in [-0.2, 0) is 9.53 Å². The molecule has 0 bridgehead atoms. The van der Waals surface area contributed by atoms with Gasteiger partial charge in [-0.1, -0.05) is 38.1 Å². The first kappa shape index (κ1) is 15.7. The molecule has 1 saturated carbocycles. The van der Waals surface area contributed by atoms with E-state index < -0.39 is 6.04 Å². The molecule has 0 amide bonds. The number of benzene rings is 1. The van der Waals surface area contributed by atoms with Gasteiger partial charge in [-0.3, -0.25) is 9.59 Å². The Kier molecular flexibility index (Phi) is 5.12. The van der Waals surface area contributed by atoms with E-state index in [0.717, 1.165) is 12.8 Å². The normalized spacial score (nSPS) is 15.8. The molecular formula is C17H23NO3. The number of esters is 1. The van der Waals surface area contributed by atoms with Crippen molar-refractivity contribution in [3.63, 3.8) is 0 Å². The molecule has 0 spiro atoms.